The second-order valence-electron chi connectivity index (χ2n) is 5.56. The number of amides is 2. The molecule has 0 heterocycles. The van der Waals surface area contributed by atoms with E-state index in [0.29, 0.717) is 28.8 Å². The van der Waals surface area contributed by atoms with Crippen molar-refractivity contribution in [1.82, 2.24) is 5.32 Å². The van der Waals surface area contributed by atoms with Crippen molar-refractivity contribution in [1.29, 1.82) is 0 Å². The number of rotatable bonds is 4. The first kappa shape index (κ1) is 16.4. The maximum atomic E-state index is 11.9. The molecule has 0 fully saturated rings. The predicted octanol–water partition coefficient (Wildman–Crippen LogP) is 3.52. The molecule has 0 unspecified atom stereocenters. The Hall–Kier alpha value is -1.62. The highest BCUT2D eigenvalue weighted by molar-refractivity contribution is 6.32. The van der Waals surface area contributed by atoms with Crippen LogP contribution in [0, 0.1) is 5.41 Å². The van der Waals surface area contributed by atoms with Crippen molar-refractivity contribution in [2.75, 3.05) is 26.1 Å². The number of halogens is 1. The second kappa shape index (κ2) is 6.70. The van der Waals surface area contributed by atoms with Crippen LogP contribution < -0.4 is 20.1 Å². The van der Waals surface area contributed by atoms with E-state index in [0.717, 1.165) is 0 Å². The van der Waals surface area contributed by atoms with Crippen molar-refractivity contribution in [3.63, 3.8) is 0 Å². The molecule has 0 saturated carbocycles. The number of hydrogen-bond acceptors (Lipinski definition) is 3. The molecule has 20 heavy (non-hydrogen) atoms. The van der Waals surface area contributed by atoms with E-state index in [1.165, 1.54) is 14.2 Å². The SMILES string of the molecule is COc1cc(NC(=O)NCC(C)(C)C)c(OC)cc1Cl. The monoisotopic (exact) mass is 300 g/mol. The number of benzene rings is 1. The van der Waals surface area contributed by atoms with Gasteiger partial charge in [0.15, 0.2) is 0 Å². The molecule has 0 aromatic heterocycles. The fourth-order valence-corrected chi connectivity index (χ4v) is 1.70. The molecule has 1 rings (SSSR count). The van der Waals surface area contributed by atoms with Gasteiger partial charge in [0.2, 0.25) is 0 Å². The summed E-state index contributed by atoms with van der Waals surface area (Å²) in [5.41, 5.74) is 0.513. The Bertz CT molecular complexity index is 484. The van der Waals surface area contributed by atoms with Gasteiger partial charge in [-0.25, -0.2) is 4.79 Å². The Morgan fingerprint density at radius 1 is 1.20 bits per heavy atom. The minimum atomic E-state index is -0.303. The molecule has 0 radical (unpaired) electrons. The van der Waals surface area contributed by atoms with Crippen LogP contribution in [0.25, 0.3) is 0 Å². The van der Waals surface area contributed by atoms with Gasteiger partial charge in [0.05, 0.1) is 24.9 Å². The van der Waals surface area contributed by atoms with Crippen molar-refractivity contribution in [3.05, 3.63) is 17.2 Å². The van der Waals surface area contributed by atoms with Crippen molar-refractivity contribution in [3.8, 4) is 11.5 Å². The first-order chi connectivity index (χ1) is 9.26. The van der Waals surface area contributed by atoms with Gasteiger partial charge in [-0.3, -0.25) is 0 Å². The Morgan fingerprint density at radius 3 is 2.30 bits per heavy atom. The van der Waals surface area contributed by atoms with Crippen molar-refractivity contribution in [2.45, 2.75) is 20.8 Å². The first-order valence-corrected chi connectivity index (χ1v) is 6.61. The highest BCUT2D eigenvalue weighted by Crippen LogP contribution is 2.35. The molecule has 0 aliphatic heterocycles. The molecular formula is C14H21ClN2O3. The molecule has 0 spiro atoms. The number of nitrogens with one attached hydrogen (secondary N) is 2. The average molecular weight is 301 g/mol. The quantitative estimate of drug-likeness (QED) is 0.894. The zero-order chi connectivity index (χ0) is 15.3. The number of methoxy groups -OCH3 is 2. The smallest absolute Gasteiger partial charge is 0.319 e. The fourth-order valence-electron chi connectivity index (χ4n) is 1.47. The van der Waals surface area contributed by atoms with Gasteiger partial charge in [0.1, 0.15) is 11.5 Å². The van der Waals surface area contributed by atoms with Crippen LogP contribution in [0.15, 0.2) is 12.1 Å². The summed E-state index contributed by atoms with van der Waals surface area (Å²) in [4.78, 5) is 11.9. The van der Waals surface area contributed by atoms with E-state index in [1.54, 1.807) is 12.1 Å². The lowest BCUT2D eigenvalue weighted by Crippen LogP contribution is -2.35. The minimum absolute atomic E-state index is 0.0130. The third kappa shape index (κ3) is 4.81. The maximum absolute atomic E-state index is 11.9. The van der Waals surface area contributed by atoms with E-state index in [4.69, 9.17) is 21.1 Å². The number of urea groups is 1. The number of carbonyl (C=O) groups excluding carboxylic acids is 1. The van der Waals surface area contributed by atoms with Crippen LogP contribution >= 0.6 is 11.6 Å². The maximum Gasteiger partial charge on any atom is 0.319 e. The summed E-state index contributed by atoms with van der Waals surface area (Å²) >= 11 is 6.00. The second-order valence-corrected chi connectivity index (χ2v) is 5.96. The van der Waals surface area contributed by atoms with E-state index >= 15 is 0 Å². The Labute approximate surface area is 124 Å². The third-order valence-electron chi connectivity index (χ3n) is 2.50. The molecular weight excluding hydrogens is 280 g/mol. The van der Waals surface area contributed by atoms with Crippen molar-refractivity contribution >= 4 is 23.3 Å². The number of ether oxygens (including phenoxy) is 2. The molecule has 0 aliphatic carbocycles. The molecule has 0 aliphatic rings. The van der Waals surface area contributed by atoms with E-state index in [-0.39, 0.29) is 11.4 Å². The standard InChI is InChI=1S/C14H21ClN2O3/c1-14(2,3)8-16-13(18)17-10-7-11(19-4)9(15)6-12(10)20-5/h6-7H,8H2,1-5H3,(H2,16,17,18). The Kier molecular flexibility index (Phi) is 5.51. The van der Waals surface area contributed by atoms with Gasteiger partial charge in [-0.1, -0.05) is 32.4 Å². The van der Waals surface area contributed by atoms with E-state index in [9.17, 15) is 4.79 Å². The molecule has 0 bridgehead atoms. The van der Waals surface area contributed by atoms with Crippen molar-refractivity contribution in [2.24, 2.45) is 5.41 Å². The summed E-state index contributed by atoms with van der Waals surface area (Å²) < 4.78 is 10.3. The molecule has 0 saturated heterocycles. The van der Waals surface area contributed by atoms with Crippen LogP contribution in [0.3, 0.4) is 0 Å². The summed E-state index contributed by atoms with van der Waals surface area (Å²) in [7, 11) is 3.02. The van der Waals surface area contributed by atoms with Gasteiger partial charge < -0.3 is 20.1 Å². The van der Waals surface area contributed by atoms with E-state index in [1.807, 2.05) is 20.8 Å². The number of anilines is 1. The van der Waals surface area contributed by atoms with Crippen LogP contribution in [0.2, 0.25) is 5.02 Å². The lowest BCUT2D eigenvalue weighted by Gasteiger charge is -2.19. The summed E-state index contributed by atoms with van der Waals surface area (Å²) in [6.45, 7) is 6.68. The molecule has 1 aromatic carbocycles. The number of hydrogen-bond donors (Lipinski definition) is 2. The van der Waals surface area contributed by atoms with Gasteiger partial charge in [-0.2, -0.15) is 0 Å². The van der Waals surface area contributed by atoms with Gasteiger partial charge in [0, 0.05) is 18.7 Å². The van der Waals surface area contributed by atoms with Crippen molar-refractivity contribution < 1.29 is 14.3 Å². The lowest BCUT2D eigenvalue weighted by molar-refractivity contribution is 0.246. The molecule has 112 valence electrons. The molecule has 2 N–H and O–H groups in total. The van der Waals surface area contributed by atoms with Crippen LogP contribution in [0.5, 0.6) is 11.5 Å². The molecule has 6 heteroatoms. The third-order valence-corrected chi connectivity index (χ3v) is 2.80. The Balaban J connectivity index is 2.83. The van der Waals surface area contributed by atoms with Crippen LogP contribution in [-0.4, -0.2) is 26.8 Å². The minimum Gasteiger partial charge on any atom is -0.495 e. The zero-order valence-corrected chi connectivity index (χ0v) is 13.2. The van der Waals surface area contributed by atoms with Gasteiger partial charge in [-0.05, 0) is 5.41 Å². The largest absolute Gasteiger partial charge is 0.495 e. The van der Waals surface area contributed by atoms with Gasteiger partial charge in [-0.15, -0.1) is 0 Å². The molecule has 2 amide bonds. The van der Waals surface area contributed by atoms with Crippen LogP contribution in [0.4, 0.5) is 10.5 Å². The zero-order valence-electron chi connectivity index (χ0n) is 12.5. The fraction of sp³-hybridized carbons (Fsp3) is 0.500. The topological polar surface area (TPSA) is 59.6 Å². The highest BCUT2D eigenvalue weighted by Gasteiger charge is 2.15. The van der Waals surface area contributed by atoms with Gasteiger partial charge in [0.25, 0.3) is 0 Å². The summed E-state index contributed by atoms with van der Waals surface area (Å²) in [6.07, 6.45) is 0. The summed E-state index contributed by atoms with van der Waals surface area (Å²) in [5.74, 6) is 0.945. The lowest BCUT2D eigenvalue weighted by atomic mass is 9.97. The van der Waals surface area contributed by atoms with Gasteiger partial charge >= 0.3 is 6.03 Å². The average Bonchev–Trinajstić information content (AvgIpc) is 2.37. The summed E-state index contributed by atoms with van der Waals surface area (Å²) in [6, 6.07) is 2.92. The van der Waals surface area contributed by atoms with Crippen LogP contribution in [-0.2, 0) is 0 Å². The normalized spacial score (nSPS) is 10.9. The summed E-state index contributed by atoms with van der Waals surface area (Å²) in [5, 5.41) is 5.94. The molecule has 5 nitrogen and oxygen atoms in total. The van der Waals surface area contributed by atoms with E-state index < -0.39 is 0 Å². The van der Waals surface area contributed by atoms with Crippen LogP contribution in [0.1, 0.15) is 20.8 Å². The molecule has 0 atom stereocenters. The predicted molar refractivity (Wildman–Crippen MR) is 81.0 cm³/mol. The first-order valence-electron chi connectivity index (χ1n) is 6.23. The van der Waals surface area contributed by atoms with E-state index in [2.05, 4.69) is 10.6 Å². The molecule has 1 aromatic rings. The highest BCUT2D eigenvalue weighted by atomic mass is 35.5. The number of carbonyl (C=O) groups is 1. The Morgan fingerprint density at radius 2 is 1.80 bits per heavy atom.